The van der Waals surface area contributed by atoms with Gasteiger partial charge in [-0.05, 0) is 42.5 Å². The van der Waals surface area contributed by atoms with Crippen molar-refractivity contribution in [3.05, 3.63) is 59.2 Å². The highest BCUT2D eigenvalue weighted by Crippen LogP contribution is 2.22. The van der Waals surface area contributed by atoms with E-state index in [4.69, 9.17) is 17.3 Å². The Hall–Kier alpha value is -2.46. The fourth-order valence-electron chi connectivity index (χ4n) is 2.00. The number of rotatable bonds is 2. The first-order valence-electron chi connectivity index (χ1n) is 6.07. The van der Waals surface area contributed by atoms with Gasteiger partial charge < -0.3 is 16.0 Å². The summed E-state index contributed by atoms with van der Waals surface area (Å²) in [4.78, 5) is 15.2. The maximum absolute atomic E-state index is 12.1. The van der Waals surface area contributed by atoms with Gasteiger partial charge in [-0.2, -0.15) is 0 Å². The average Bonchev–Trinajstić information content (AvgIpc) is 2.89. The van der Waals surface area contributed by atoms with E-state index in [9.17, 15) is 4.79 Å². The zero-order valence-corrected chi connectivity index (χ0v) is 11.2. The van der Waals surface area contributed by atoms with Crippen LogP contribution in [0.4, 0.5) is 11.4 Å². The Labute approximate surface area is 120 Å². The van der Waals surface area contributed by atoms with Crippen LogP contribution in [0.1, 0.15) is 10.4 Å². The topological polar surface area (TPSA) is 70.9 Å². The molecular weight excluding hydrogens is 274 g/mol. The van der Waals surface area contributed by atoms with Gasteiger partial charge in [0.15, 0.2) is 0 Å². The molecule has 5 heteroatoms. The minimum absolute atomic E-state index is 0.221. The van der Waals surface area contributed by atoms with E-state index in [1.165, 1.54) is 0 Å². The molecule has 3 aromatic rings. The van der Waals surface area contributed by atoms with Crippen LogP contribution < -0.4 is 11.1 Å². The Morgan fingerprint density at radius 3 is 2.80 bits per heavy atom. The highest BCUT2D eigenvalue weighted by Gasteiger charge is 2.08. The fourth-order valence-corrected chi connectivity index (χ4v) is 2.18. The van der Waals surface area contributed by atoms with Gasteiger partial charge in [0.05, 0.1) is 10.7 Å². The van der Waals surface area contributed by atoms with Gasteiger partial charge in [0.25, 0.3) is 5.91 Å². The standard InChI is InChI=1S/C15H12ClN3O/c16-12-8-10(1-3-13(12)17)15(20)19-11-2-4-14-9(7-11)5-6-18-14/h1-8,18H,17H2,(H,19,20). The second kappa shape index (κ2) is 4.90. The smallest absolute Gasteiger partial charge is 0.255 e. The second-order valence-electron chi connectivity index (χ2n) is 4.47. The highest BCUT2D eigenvalue weighted by molar-refractivity contribution is 6.33. The van der Waals surface area contributed by atoms with Crippen molar-refractivity contribution in [2.24, 2.45) is 0 Å². The van der Waals surface area contributed by atoms with Crippen LogP contribution in [0.25, 0.3) is 10.9 Å². The van der Waals surface area contributed by atoms with Crippen LogP contribution in [0.15, 0.2) is 48.7 Å². The highest BCUT2D eigenvalue weighted by atomic mass is 35.5. The first kappa shape index (κ1) is 12.6. The monoisotopic (exact) mass is 285 g/mol. The summed E-state index contributed by atoms with van der Waals surface area (Å²) in [5.41, 5.74) is 8.31. The summed E-state index contributed by atoms with van der Waals surface area (Å²) >= 11 is 5.92. The van der Waals surface area contributed by atoms with Crippen LogP contribution in [-0.2, 0) is 0 Å². The fraction of sp³-hybridized carbons (Fsp3) is 0. The molecule has 0 spiro atoms. The lowest BCUT2D eigenvalue weighted by molar-refractivity contribution is 0.102. The molecule has 0 radical (unpaired) electrons. The van der Waals surface area contributed by atoms with Crippen molar-refractivity contribution in [2.75, 3.05) is 11.1 Å². The molecule has 20 heavy (non-hydrogen) atoms. The van der Waals surface area contributed by atoms with Crippen LogP contribution in [0.5, 0.6) is 0 Å². The summed E-state index contributed by atoms with van der Waals surface area (Å²) in [6.07, 6.45) is 1.86. The Bertz CT molecular complexity index is 795. The number of anilines is 2. The van der Waals surface area contributed by atoms with Gasteiger partial charge in [-0.15, -0.1) is 0 Å². The first-order chi connectivity index (χ1) is 9.63. The SMILES string of the molecule is Nc1ccc(C(=O)Nc2ccc3[nH]ccc3c2)cc1Cl. The van der Waals surface area contributed by atoms with Gasteiger partial charge in [-0.1, -0.05) is 11.6 Å². The van der Waals surface area contributed by atoms with Gasteiger partial charge in [-0.3, -0.25) is 4.79 Å². The number of aromatic amines is 1. The zero-order valence-electron chi connectivity index (χ0n) is 10.5. The molecule has 0 aliphatic heterocycles. The molecule has 0 fully saturated rings. The van der Waals surface area contributed by atoms with Crippen molar-refractivity contribution in [3.63, 3.8) is 0 Å². The van der Waals surface area contributed by atoms with Crippen LogP contribution in [-0.4, -0.2) is 10.9 Å². The minimum atomic E-state index is -0.221. The number of hydrogen-bond donors (Lipinski definition) is 3. The molecule has 0 saturated heterocycles. The van der Waals surface area contributed by atoms with Gasteiger partial charge in [0.2, 0.25) is 0 Å². The first-order valence-corrected chi connectivity index (χ1v) is 6.45. The number of nitrogen functional groups attached to an aromatic ring is 1. The average molecular weight is 286 g/mol. The summed E-state index contributed by atoms with van der Waals surface area (Å²) in [7, 11) is 0. The van der Waals surface area contributed by atoms with Crippen molar-refractivity contribution in [1.82, 2.24) is 4.98 Å². The summed E-state index contributed by atoms with van der Waals surface area (Å²) in [6.45, 7) is 0. The van der Waals surface area contributed by atoms with Crippen molar-refractivity contribution < 1.29 is 4.79 Å². The van der Waals surface area contributed by atoms with E-state index in [2.05, 4.69) is 10.3 Å². The molecule has 1 heterocycles. The molecule has 2 aromatic carbocycles. The molecular formula is C15H12ClN3O. The van der Waals surface area contributed by atoms with Gasteiger partial charge in [0.1, 0.15) is 0 Å². The molecule has 3 rings (SSSR count). The van der Waals surface area contributed by atoms with Crippen molar-refractivity contribution in [2.45, 2.75) is 0 Å². The lowest BCUT2D eigenvalue weighted by atomic mass is 10.2. The third-order valence-corrected chi connectivity index (χ3v) is 3.40. The molecule has 0 aliphatic carbocycles. The number of hydrogen-bond acceptors (Lipinski definition) is 2. The molecule has 4 N–H and O–H groups in total. The van der Waals surface area contributed by atoms with Crippen LogP contribution in [0, 0.1) is 0 Å². The van der Waals surface area contributed by atoms with Gasteiger partial charge in [-0.25, -0.2) is 0 Å². The van der Waals surface area contributed by atoms with E-state index < -0.39 is 0 Å². The van der Waals surface area contributed by atoms with Crippen LogP contribution >= 0.6 is 11.6 Å². The number of H-pyrrole nitrogens is 1. The molecule has 0 unspecified atom stereocenters. The Kier molecular flexibility index (Phi) is 3.08. The quantitative estimate of drug-likeness (QED) is 0.629. The number of fused-ring (bicyclic) bond motifs is 1. The number of amides is 1. The number of nitrogens with one attached hydrogen (secondary N) is 2. The summed E-state index contributed by atoms with van der Waals surface area (Å²) < 4.78 is 0. The lowest BCUT2D eigenvalue weighted by Gasteiger charge is -2.06. The van der Waals surface area contributed by atoms with E-state index in [1.54, 1.807) is 18.2 Å². The third kappa shape index (κ3) is 2.33. The lowest BCUT2D eigenvalue weighted by Crippen LogP contribution is -2.11. The van der Waals surface area contributed by atoms with E-state index in [0.717, 1.165) is 16.6 Å². The normalized spacial score (nSPS) is 10.7. The van der Waals surface area contributed by atoms with Crippen molar-refractivity contribution >= 4 is 39.8 Å². The molecule has 100 valence electrons. The Morgan fingerprint density at radius 2 is 2.00 bits per heavy atom. The van der Waals surface area contributed by atoms with Gasteiger partial charge in [0, 0.05) is 28.4 Å². The van der Waals surface area contributed by atoms with E-state index in [0.29, 0.717) is 16.3 Å². The number of benzene rings is 2. The van der Waals surface area contributed by atoms with E-state index >= 15 is 0 Å². The second-order valence-corrected chi connectivity index (χ2v) is 4.88. The Balaban J connectivity index is 1.85. The summed E-state index contributed by atoms with van der Waals surface area (Å²) in [5, 5.41) is 4.25. The van der Waals surface area contributed by atoms with E-state index in [-0.39, 0.29) is 5.91 Å². The number of carbonyl (C=O) groups is 1. The molecule has 0 atom stereocenters. The maximum Gasteiger partial charge on any atom is 0.255 e. The molecule has 1 amide bonds. The number of carbonyl (C=O) groups excluding carboxylic acids is 1. The largest absolute Gasteiger partial charge is 0.398 e. The van der Waals surface area contributed by atoms with Crippen LogP contribution in [0.3, 0.4) is 0 Å². The summed E-state index contributed by atoms with van der Waals surface area (Å²) in [6, 6.07) is 12.4. The van der Waals surface area contributed by atoms with Crippen molar-refractivity contribution in [1.29, 1.82) is 0 Å². The third-order valence-electron chi connectivity index (χ3n) is 3.07. The van der Waals surface area contributed by atoms with Crippen molar-refractivity contribution in [3.8, 4) is 0 Å². The molecule has 4 nitrogen and oxygen atoms in total. The van der Waals surface area contributed by atoms with Gasteiger partial charge >= 0.3 is 0 Å². The number of halogens is 1. The zero-order chi connectivity index (χ0) is 14.1. The van der Waals surface area contributed by atoms with E-state index in [1.807, 2.05) is 30.5 Å². The molecule has 0 bridgehead atoms. The maximum atomic E-state index is 12.1. The molecule has 0 aliphatic rings. The molecule has 0 saturated carbocycles. The predicted octanol–water partition coefficient (Wildman–Crippen LogP) is 3.66. The summed E-state index contributed by atoms with van der Waals surface area (Å²) in [5.74, 6) is -0.221. The Morgan fingerprint density at radius 1 is 1.15 bits per heavy atom. The predicted molar refractivity (Wildman–Crippen MR) is 82.1 cm³/mol. The molecule has 1 aromatic heterocycles. The number of aromatic nitrogens is 1. The minimum Gasteiger partial charge on any atom is -0.398 e. The van der Waals surface area contributed by atoms with Crippen LogP contribution in [0.2, 0.25) is 5.02 Å². The number of nitrogens with two attached hydrogens (primary N) is 1.